The Bertz CT molecular complexity index is 953. The number of amides is 1. The molecule has 0 unspecified atom stereocenters. The van der Waals surface area contributed by atoms with E-state index < -0.39 is 10.0 Å². The molecule has 1 saturated heterocycles. The SMILES string of the molecule is Cc1cc(N2CCCC2=O)ccc1S(=O)(=O)NCCc1ccc(N(C)C)cc1. The van der Waals surface area contributed by atoms with E-state index in [1.54, 1.807) is 30.0 Å². The van der Waals surface area contributed by atoms with Crippen LogP contribution < -0.4 is 14.5 Å². The molecule has 0 atom stereocenters. The van der Waals surface area contributed by atoms with Crippen molar-refractivity contribution in [2.45, 2.75) is 31.1 Å². The molecule has 1 N–H and O–H groups in total. The number of carbonyl (C=O) groups excluding carboxylic acids is 1. The molecule has 0 aromatic heterocycles. The van der Waals surface area contributed by atoms with Gasteiger partial charge in [-0.2, -0.15) is 0 Å². The predicted octanol–water partition coefficient (Wildman–Crippen LogP) is 2.71. The number of hydrogen-bond donors (Lipinski definition) is 1. The van der Waals surface area contributed by atoms with Crippen LogP contribution in [0.3, 0.4) is 0 Å². The van der Waals surface area contributed by atoms with Gasteiger partial charge in [0.15, 0.2) is 0 Å². The fourth-order valence-corrected chi connectivity index (χ4v) is 4.65. The zero-order valence-corrected chi connectivity index (χ0v) is 17.4. The standard InChI is InChI=1S/C21H27N3O3S/c1-16-15-19(24-14-4-5-21(24)25)10-11-20(16)28(26,27)22-13-12-17-6-8-18(9-7-17)23(2)3/h6-11,15,22H,4-5,12-14H2,1-3H3. The van der Waals surface area contributed by atoms with Crippen LogP contribution in [0.15, 0.2) is 47.4 Å². The molecule has 7 heteroatoms. The number of carbonyl (C=O) groups is 1. The maximum Gasteiger partial charge on any atom is 0.240 e. The van der Waals surface area contributed by atoms with Crippen LogP contribution in [0, 0.1) is 6.92 Å². The second-order valence-corrected chi connectivity index (χ2v) is 9.04. The number of rotatable bonds is 7. The molecule has 6 nitrogen and oxygen atoms in total. The normalized spacial score (nSPS) is 14.5. The van der Waals surface area contributed by atoms with Gasteiger partial charge in [0.1, 0.15) is 0 Å². The lowest BCUT2D eigenvalue weighted by atomic mass is 10.1. The lowest BCUT2D eigenvalue weighted by Gasteiger charge is -2.18. The van der Waals surface area contributed by atoms with E-state index in [4.69, 9.17) is 0 Å². The maximum absolute atomic E-state index is 12.7. The predicted molar refractivity (Wildman–Crippen MR) is 112 cm³/mol. The minimum Gasteiger partial charge on any atom is -0.378 e. The Balaban J connectivity index is 1.64. The zero-order valence-electron chi connectivity index (χ0n) is 16.6. The van der Waals surface area contributed by atoms with E-state index in [-0.39, 0.29) is 10.8 Å². The molecule has 1 fully saturated rings. The van der Waals surface area contributed by atoms with Crippen molar-refractivity contribution in [1.29, 1.82) is 0 Å². The van der Waals surface area contributed by atoms with Gasteiger partial charge in [-0.3, -0.25) is 4.79 Å². The molecule has 3 rings (SSSR count). The number of anilines is 2. The van der Waals surface area contributed by atoms with Gasteiger partial charge < -0.3 is 9.80 Å². The summed E-state index contributed by atoms with van der Waals surface area (Å²) < 4.78 is 28.1. The third-order valence-electron chi connectivity index (χ3n) is 4.99. The topological polar surface area (TPSA) is 69.7 Å². The van der Waals surface area contributed by atoms with Crippen LogP contribution >= 0.6 is 0 Å². The summed E-state index contributed by atoms with van der Waals surface area (Å²) in [5.74, 6) is 0.0911. The average molecular weight is 402 g/mol. The average Bonchev–Trinajstić information content (AvgIpc) is 3.07. The van der Waals surface area contributed by atoms with Gasteiger partial charge in [-0.05, 0) is 61.2 Å². The minimum absolute atomic E-state index is 0.0911. The van der Waals surface area contributed by atoms with E-state index in [9.17, 15) is 13.2 Å². The molecule has 1 amide bonds. The summed E-state index contributed by atoms with van der Waals surface area (Å²) in [6.07, 6.45) is 2.01. The van der Waals surface area contributed by atoms with Crippen LogP contribution in [0.2, 0.25) is 0 Å². The number of nitrogens with zero attached hydrogens (tertiary/aromatic N) is 2. The maximum atomic E-state index is 12.7. The first-order chi connectivity index (χ1) is 13.3. The Kier molecular flexibility index (Phi) is 6.05. The Labute approximate surface area is 167 Å². The fourth-order valence-electron chi connectivity index (χ4n) is 3.39. The zero-order chi connectivity index (χ0) is 20.3. The lowest BCUT2D eigenvalue weighted by Crippen LogP contribution is -2.27. The highest BCUT2D eigenvalue weighted by Gasteiger charge is 2.23. The molecule has 150 valence electrons. The molecule has 0 aliphatic carbocycles. The Morgan fingerprint density at radius 2 is 1.82 bits per heavy atom. The largest absolute Gasteiger partial charge is 0.378 e. The molecule has 28 heavy (non-hydrogen) atoms. The van der Waals surface area contributed by atoms with E-state index in [0.717, 1.165) is 23.4 Å². The monoisotopic (exact) mass is 401 g/mol. The lowest BCUT2D eigenvalue weighted by molar-refractivity contribution is -0.117. The van der Waals surface area contributed by atoms with Crippen molar-refractivity contribution in [3.8, 4) is 0 Å². The summed E-state index contributed by atoms with van der Waals surface area (Å²) in [5.41, 5.74) is 3.59. The van der Waals surface area contributed by atoms with Crippen LogP contribution in [0.1, 0.15) is 24.0 Å². The van der Waals surface area contributed by atoms with Crippen LogP contribution in [0.25, 0.3) is 0 Å². The summed E-state index contributed by atoms with van der Waals surface area (Å²) in [7, 11) is 0.367. The van der Waals surface area contributed by atoms with Crippen LogP contribution in [0.4, 0.5) is 11.4 Å². The number of benzene rings is 2. The Hall–Kier alpha value is -2.38. The Morgan fingerprint density at radius 3 is 2.39 bits per heavy atom. The molecule has 1 aliphatic rings. The van der Waals surface area contributed by atoms with Crippen molar-refractivity contribution < 1.29 is 13.2 Å². The third kappa shape index (κ3) is 4.54. The van der Waals surface area contributed by atoms with Crippen LogP contribution in [0.5, 0.6) is 0 Å². The van der Waals surface area contributed by atoms with Crippen molar-refractivity contribution in [3.63, 3.8) is 0 Å². The number of aryl methyl sites for hydroxylation is 1. The molecule has 2 aromatic carbocycles. The molecule has 0 bridgehead atoms. The van der Waals surface area contributed by atoms with Crippen molar-refractivity contribution in [2.24, 2.45) is 0 Å². The quantitative estimate of drug-likeness (QED) is 0.775. The molecule has 1 aliphatic heterocycles. The molecule has 2 aromatic rings. The van der Waals surface area contributed by atoms with Gasteiger partial charge >= 0.3 is 0 Å². The van der Waals surface area contributed by atoms with Gasteiger partial charge in [-0.1, -0.05) is 12.1 Å². The van der Waals surface area contributed by atoms with Crippen LogP contribution in [-0.4, -0.2) is 41.5 Å². The summed E-state index contributed by atoms with van der Waals surface area (Å²) in [6, 6.07) is 13.1. The first kappa shape index (κ1) is 20.4. The summed E-state index contributed by atoms with van der Waals surface area (Å²) in [4.78, 5) is 15.9. The van der Waals surface area contributed by atoms with Crippen molar-refractivity contribution >= 4 is 27.3 Å². The van der Waals surface area contributed by atoms with E-state index in [0.29, 0.717) is 31.5 Å². The van der Waals surface area contributed by atoms with Gasteiger partial charge in [-0.15, -0.1) is 0 Å². The number of sulfonamides is 1. The second-order valence-electron chi connectivity index (χ2n) is 7.31. The minimum atomic E-state index is -3.60. The van der Waals surface area contributed by atoms with Gasteiger partial charge in [0.2, 0.25) is 15.9 Å². The molecule has 0 spiro atoms. The van der Waals surface area contributed by atoms with Crippen molar-refractivity contribution in [3.05, 3.63) is 53.6 Å². The van der Waals surface area contributed by atoms with Gasteiger partial charge in [-0.25, -0.2) is 13.1 Å². The highest BCUT2D eigenvalue weighted by atomic mass is 32.2. The molecule has 0 saturated carbocycles. The van der Waals surface area contributed by atoms with Crippen molar-refractivity contribution in [2.75, 3.05) is 37.0 Å². The second kappa shape index (κ2) is 8.32. The van der Waals surface area contributed by atoms with Gasteiger partial charge in [0, 0.05) is 45.0 Å². The Morgan fingerprint density at radius 1 is 1.11 bits per heavy atom. The van der Waals surface area contributed by atoms with Crippen LogP contribution in [-0.2, 0) is 21.2 Å². The first-order valence-corrected chi connectivity index (χ1v) is 10.9. The highest BCUT2D eigenvalue weighted by molar-refractivity contribution is 7.89. The van der Waals surface area contributed by atoms with Gasteiger partial charge in [0.05, 0.1) is 4.90 Å². The highest BCUT2D eigenvalue weighted by Crippen LogP contribution is 2.26. The van der Waals surface area contributed by atoms with E-state index in [2.05, 4.69) is 4.72 Å². The fraction of sp³-hybridized carbons (Fsp3) is 0.381. The number of nitrogens with one attached hydrogen (secondary N) is 1. The van der Waals surface area contributed by atoms with E-state index in [1.807, 2.05) is 43.3 Å². The molecule has 1 heterocycles. The third-order valence-corrected chi connectivity index (χ3v) is 6.61. The first-order valence-electron chi connectivity index (χ1n) is 9.45. The van der Waals surface area contributed by atoms with E-state index >= 15 is 0 Å². The molecular weight excluding hydrogens is 374 g/mol. The number of hydrogen-bond acceptors (Lipinski definition) is 4. The summed E-state index contributed by atoms with van der Waals surface area (Å²) in [5, 5.41) is 0. The van der Waals surface area contributed by atoms with Gasteiger partial charge in [0.25, 0.3) is 0 Å². The smallest absolute Gasteiger partial charge is 0.240 e. The molecular formula is C21H27N3O3S. The molecule has 0 radical (unpaired) electrons. The van der Waals surface area contributed by atoms with Crippen molar-refractivity contribution in [1.82, 2.24) is 4.72 Å². The summed E-state index contributed by atoms with van der Waals surface area (Å²) >= 11 is 0. The van der Waals surface area contributed by atoms with E-state index in [1.165, 1.54) is 0 Å². The summed E-state index contributed by atoms with van der Waals surface area (Å²) in [6.45, 7) is 2.78.